The Bertz CT molecular complexity index is 1020. The molecular formula is C21H19F3N4O4. The van der Waals surface area contributed by atoms with Gasteiger partial charge in [-0.15, -0.1) is 0 Å². The van der Waals surface area contributed by atoms with Crippen LogP contribution in [0.15, 0.2) is 53.6 Å². The Morgan fingerprint density at radius 1 is 1.03 bits per heavy atom. The predicted octanol–water partition coefficient (Wildman–Crippen LogP) is 2.45. The van der Waals surface area contributed by atoms with E-state index in [1.54, 1.807) is 12.1 Å². The van der Waals surface area contributed by atoms with Crippen LogP contribution in [0.3, 0.4) is 0 Å². The van der Waals surface area contributed by atoms with Gasteiger partial charge in [-0.1, -0.05) is 12.1 Å². The van der Waals surface area contributed by atoms with E-state index < -0.39 is 36.1 Å². The molecular weight excluding hydrogens is 429 g/mol. The van der Waals surface area contributed by atoms with Crippen LogP contribution >= 0.6 is 0 Å². The quantitative estimate of drug-likeness (QED) is 0.343. The standard InChI is InChI=1S/C21H19F3N4O4/c22-21(23,24)16-3-1-2-4-17(16)27-18(29)12-32-15-9-5-13(6-10-15)11-25-28-20(31)19(30)26-14-7-8-14/h1-6,9-11,14H,7-8,12H2,(H,26,30)(H,27,29)(H,28,31)/b25-11-. The summed E-state index contributed by atoms with van der Waals surface area (Å²) in [5.41, 5.74) is 1.38. The van der Waals surface area contributed by atoms with Crippen LogP contribution in [0.4, 0.5) is 18.9 Å². The van der Waals surface area contributed by atoms with E-state index in [1.165, 1.54) is 30.5 Å². The van der Waals surface area contributed by atoms with Crippen molar-refractivity contribution in [1.29, 1.82) is 0 Å². The number of hydrazone groups is 1. The van der Waals surface area contributed by atoms with E-state index in [4.69, 9.17) is 4.74 Å². The first-order valence-electron chi connectivity index (χ1n) is 9.55. The molecule has 1 aliphatic carbocycles. The number of para-hydroxylation sites is 1. The summed E-state index contributed by atoms with van der Waals surface area (Å²) in [6.45, 7) is -0.494. The van der Waals surface area contributed by atoms with E-state index >= 15 is 0 Å². The van der Waals surface area contributed by atoms with Crippen molar-refractivity contribution in [2.75, 3.05) is 11.9 Å². The molecule has 1 fully saturated rings. The summed E-state index contributed by atoms with van der Waals surface area (Å²) in [5, 5.41) is 8.40. The van der Waals surface area contributed by atoms with Crippen LogP contribution in [0, 0.1) is 0 Å². The SMILES string of the molecule is O=C(COc1ccc(/C=N\NC(=O)C(=O)NC2CC2)cc1)Nc1ccccc1C(F)(F)F. The summed E-state index contributed by atoms with van der Waals surface area (Å²) in [6.07, 6.45) is -1.56. The molecule has 3 rings (SSSR count). The van der Waals surface area contributed by atoms with Gasteiger partial charge >= 0.3 is 18.0 Å². The lowest BCUT2D eigenvalue weighted by atomic mass is 10.1. The Balaban J connectivity index is 1.46. The fourth-order valence-electron chi connectivity index (χ4n) is 2.52. The van der Waals surface area contributed by atoms with Crippen LogP contribution in [0.1, 0.15) is 24.0 Å². The van der Waals surface area contributed by atoms with Gasteiger partial charge < -0.3 is 15.4 Å². The predicted molar refractivity (Wildman–Crippen MR) is 109 cm³/mol. The van der Waals surface area contributed by atoms with Gasteiger partial charge in [-0.25, -0.2) is 5.43 Å². The van der Waals surface area contributed by atoms with Crippen molar-refractivity contribution >= 4 is 29.6 Å². The van der Waals surface area contributed by atoms with Crippen LogP contribution in [0.5, 0.6) is 5.75 Å². The third-order valence-corrected chi connectivity index (χ3v) is 4.26. The normalized spacial score (nSPS) is 13.5. The molecule has 1 aliphatic rings. The Labute approximate surface area is 180 Å². The second kappa shape index (κ2) is 9.94. The van der Waals surface area contributed by atoms with Crippen molar-refractivity contribution in [1.82, 2.24) is 10.7 Å². The second-order valence-corrected chi connectivity index (χ2v) is 6.90. The van der Waals surface area contributed by atoms with Gasteiger partial charge in [0.05, 0.1) is 17.5 Å². The highest BCUT2D eigenvalue weighted by molar-refractivity contribution is 6.35. The largest absolute Gasteiger partial charge is 0.484 e. The van der Waals surface area contributed by atoms with Crippen LogP contribution < -0.4 is 20.8 Å². The molecule has 32 heavy (non-hydrogen) atoms. The number of anilines is 1. The molecule has 3 N–H and O–H groups in total. The highest BCUT2D eigenvalue weighted by Crippen LogP contribution is 2.34. The van der Waals surface area contributed by atoms with Gasteiger partial charge in [-0.3, -0.25) is 14.4 Å². The first kappa shape index (κ1) is 22.8. The highest BCUT2D eigenvalue weighted by Gasteiger charge is 2.33. The molecule has 0 heterocycles. The number of ether oxygens (including phenoxy) is 1. The van der Waals surface area contributed by atoms with E-state index in [1.807, 2.05) is 0 Å². The Morgan fingerprint density at radius 2 is 1.72 bits per heavy atom. The summed E-state index contributed by atoms with van der Waals surface area (Å²) in [6, 6.07) is 10.9. The van der Waals surface area contributed by atoms with Gasteiger partial charge in [0.1, 0.15) is 5.75 Å². The zero-order valence-corrected chi connectivity index (χ0v) is 16.6. The van der Waals surface area contributed by atoms with Gasteiger partial charge in [-0.05, 0) is 54.8 Å². The molecule has 2 aromatic rings. The zero-order valence-electron chi connectivity index (χ0n) is 16.6. The fraction of sp³-hybridized carbons (Fsp3) is 0.238. The molecule has 0 aromatic heterocycles. The van der Waals surface area contributed by atoms with Gasteiger partial charge in [0, 0.05) is 6.04 Å². The molecule has 0 unspecified atom stereocenters. The molecule has 0 radical (unpaired) electrons. The molecule has 11 heteroatoms. The minimum absolute atomic E-state index is 0.0613. The number of alkyl halides is 3. The number of halogens is 3. The summed E-state index contributed by atoms with van der Waals surface area (Å²) >= 11 is 0. The van der Waals surface area contributed by atoms with Crippen LogP contribution in [0.2, 0.25) is 0 Å². The molecule has 1 saturated carbocycles. The van der Waals surface area contributed by atoms with Crippen molar-refractivity contribution in [3.05, 3.63) is 59.7 Å². The zero-order chi connectivity index (χ0) is 23.1. The number of carbonyl (C=O) groups excluding carboxylic acids is 3. The van der Waals surface area contributed by atoms with Gasteiger partial charge in [-0.2, -0.15) is 18.3 Å². The van der Waals surface area contributed by atoms with Gasteiger partial charge in [0.15, 0.2) is 6.61 Å². The lowest BCUT2D eigenvalue weighted by Crippen LogP contribution is -2.38. The van der Waals surface area contributed by atoms with Crippen LogP contribution in [-0.4, -0.2) is 36.6 Å². The van der Waals surface area contributed by atoms with E-state index in [2.05, 4.69) is 21.2 Å². The number of hydrogen-bond donors (Lipinski definition) is 3. The molecule has 0 spiro atoms. The maximum atomic E-state index is 13.0. The van der Waals surface area contributed by atoms with Crippen molar-refractivity contribution in [3.63, 3.8) is 0 Å². The first-order chi connectivity index (χ1) is 15.2. The number of carbonyl (C=O) groups is 3. The number of rotatable bonds is 7. The molecule has 0 atom stereocenters. The van der Waals surface area contributed by atoms with Crippen molar-refractivity contribution in [3.8, 4) is 5.75 Å². The Morgan fingerprint density at radius 3 is 2.38 bits per heavy atom. The highest BCUT2D eigenvalue weighted by atomic mass is 19.4. The fourth-order valence-corrected chi connectivity index (χ4v) is 2.52. The summed E-state index contributed by atoms with van der Waals surface area (Å²) in [4.78, 5) is 35.0. The second-order valence-electron chi connectivity index (χ2n) is 6.90. The van der Waals surface area contributed by atoms with Gasteiger partial charge in [0.2, 0.25) is 0 Å². The maximum absolute atomic E-state index is 13.0. The number of nitrogens with zero attached hydrogens (tertiary/aromatic N) is 1. The van der Waals surface area contributed by atoms with Crippen LogP contribution in [0.25, 0.3) is 0 Å². The number of nitrogens with one attached hydrogen (secondary N) is 3. The van der Waals surface area contributed by atoms with E-state index in [0.717, 1.165) is 25.0 Å². The van der Waals surface area contributed by atoms with Crippen LogP contribution in [-0.2, 0) is 20.6 Å². The molecule has 0 aliphatic heterocycles. The average Bonchev–Trinajstić information content (AvgIpc) is 3.56. The van der Waals surface area contributed by atoms with Crippen molar-refractivity contribution in [2.45, 2.75) is 25.1 Å². The minimum atomic E-state index is -4.59. The summed E-state index contributed by atoms with van der Waals surface area (Å²) in [7, 11) is 0. The molecule has 0 saturated heterocycles. The lowest BCUT2D eigenvalue weighted by Gasteiger charge is -2.13. The Kier molecular flexibility index (Phi) is 7.08. The molecule has 0 bridgehead atoms. The van der Waals surface area contributed by atoms with Gasteiger partial charge in [0.25, 0.3) is 5.91 Å². The third kappa shape index (κ3) is 6.83. The third-order valence-electron chi connectivity index (χ3n) is 4.26. The number of benzene rings is 2. The van der Waals surface area contributed by atoms with E-state index in [-0.39, 0.29) is 11.7 Å². The molecule has 8 nitrogen and oxygen atoms in total. The van der Waals surface area contributed by atoms with E-state index in [0.29, 0.717) is 11.3 Å². The molecule has 2 aromatic carbocycles. The number of amides is 3. The molecule has 168 valence electrons. The average molecular weight is 448 g/mol. The summed E-state index contributed by atoms with van der Waals surface area (Å²) < 4.78 is 44.2. The Hall–Kier alpha value is -3.89. The number of hydrogen-bond acceptors (Lipinski definition) is 5. The smallest absolute Gasteiger partial charge is 0.418 e. The lowest BCUT2D eigenvalue weighted by molar-refractivity contribution is -0.139. The topological polar surface area (TPSA) is 109 Å². The summed E-state index contributed by atoms with van der Waals surface area (Å²) in [5.74, 6) is -2.07. The van der Waals surface area contributed by atoms with Crippen molar-refractivity contribution in [2.24, 2.45) is 5.10 Å². The van der Waals surface area contributed by atoms with E-state index in [9.17, 15) is 27.6 Å². The first-order valence-corrected chi connectivity index (χ1v) is 9.55. The van der Waals surface area contributed by atoms with Crippen molar-refractivity contribution < 1.29 is 32.3 Å². The molecule has 3 amide bonds. The maximum Gasteiger partial charge on any atom is 0.418 e. The monoisotopic (exact) mass is 448 g/mol. The minimum Gasteiger partial charge on any atom is -0.484 e.